The third-order valence-corrected chi connectivity index (χ3v) is 4.68. The van der Waals surface area contributed by atoms with Gasteiger partial charge in [-0.1, -0.05) is 72.8 Å². The summed E-state index contributed by atoms with van der Waals surface area (Å²) in [5, 5.41) is 13.7. The van der Waals surface area contributed by atoms with Crippen LogP contribution in [-0.4, -0.2) is 36.3 Å². The van der Waals surface area contributed by atoms with Crippen LogP contribution in [0.3, 0.4) is 0 Å². The molecule has 0 amide bonds. The molecule has 0 heterocycles. The largest absolute Gasteiger partial charge is 0.491 e. The molecule has 3 aromatic carbocycles. The SMILES string of the molecule is CN(Cc1ccccc1)C[C@@H](O)COc1ccc(CNCc2ccccc2)cc1. The van der Waals surface area contributed by atoms with Gasteiger partial charge in [0.05, 0.1) is 0 Å². The first-order valence-corrected chi connectivity index (χ1v) is 10.1. The van der Waals surface area contributed by atoms with E-state index in [0.717, 1.165) is 25.4 Å². The van der Waals surface area contributed by atoms with Gasteiger partial charge in [-0.05, 0) is 35.9 Å². The van der Waals surface area contributed by atoms with Crippen LogP contribution in [0.15, 0.2) is 84.9 Å². The molecule has 0 radical (unpaired) electrons. The van der Waals surface area contributed by atoms with E-state index < -0.39 is 6.10 Å². The van der Waals surface area contributed by atoms with Crippen molar-refractivity contribution in [2.75, 3.05) is 20.2 Å². The van der Waals surface area contributed by atoms with E-state index in [1.165, 1.54) is 16.7 Å². The highest BCUT2D eigenvalue weighted by Gasteiger charge is 2.10. The summed E-state index contributed by atoms with van der Waals surface area (Å²) in [6.07, 6.45) is -0.532. The maximum Gasteiger partial charge on any atom is 0.119 e. The van der Waals surface area contributed by atoms with E-state index in [4.69, 9.17) is 4.74 Å². The van der Waals surface area contributed by atoms with Gasteiger partial charge in [-0.25, -0.2) is 0 Å². The maximum absolute atomic E-state index is 10.3. The van der Waals surface area contributed by atoms with Gasteiger partial charge in [0.25, 0.3) is 0 Å². The number of nitrogens with zero attached hydrogens (tertiary/aromatic N) is 1. The van der Waals surface area contributed by atoms with Crippen LogP contribution in [0.1, 0.15) is 16.7 Å². The van der Waals surface area contributed by atoms with Crippen molar-refractivity contribution in [3.05, 3.63) is 102 Å². The molecule has 2 N–H and O–H groups in total. The lowest BCUT2D eigenvalue weighted by molar-refractivity contribution is 0.0744. The lowest BCUT2D eigenvalue weighted by Crippen LogP contribution is -2.32. The van der Waals surface area contributed by atoms with E-state index in [-0.39, 0.29) is 6.61 Å². The molecule has 0 saturated heterocycles. The number of hydrogen-bond acceptors (Lipinski definition) is 4. The highest BCUT2D eigenvalue weighted by molar-refractivity contribution is 5.27. The van der Waals surface area contributed by atoms with Gasteiger partial charge in [-0.15, -0.1) is 0 Å². The molecule has 1 atom stereocenters. The number of rotatable bonds is 11. The topological polar surface area (TPSA) is 44.7 Å². The first-order chi connectivity index (χ1) is 14.2. The molecule has 3 aromatic rings. The van der Waals surface area contributed by atoms with E-state index >= 15 is 0 Å². The number of aliphatic hydroxyl groups excluding tert-OH is 1. The quantitative estimate of drug-likeness (QED) is 0.522. The van der Waals surface area contributed by atoms with E-state index in [9.17, 15) is 5.11 Å². The van der Waals surface area contributed by atoms with Crippen LogP contribution in [0, 0.1) is 0 Å². The molecule has 3 rings (SSSR count). The second kappa shape index (κ2) is 11.4. The van der Waals surface area contributed by atoms with Crippen molar-refractivity contribution in [3.8, 4) is 5.75 Å². The third kappa shape index (κ3) is 7.70. The molecule has 0 fully saturated rings. The molecule has 4 heteroatoms. The minimum atomic E-state index is -0.532. The highest BCUT2D eigenvalue weighted by atomic mass is 16.5. The van der Waals surface area contributed by atoms with Crippen LogP contribution in [0.2, 0.25) is 0 Å². The van der Waals surface area contributed by atoms with Gasteiger partial charge >= 0.3 is 0 Å². The van der Waals surface area contributed by atoms with E-state index in [2.05, 4.69) is 58.7 Å². The monoisotopic (exact) mass is 390 g/mol. The average Bonchev–Trinajstić information content (AvgIpc) is 2.74. The van der Waals surface area contributed by atoms with Crippen LogP contribution in [0.25, 0.3) is 0 Å². The summed E-state index contributed by atoms with van der Waals surface area (Å²) in [6, 6.07) is 28.7. The molecule has 0 aliphatic rings. The summed E-state index contributed by atoms with van der Waals surface area (Å²) in [4.78, 5) is 2.10. The Morgan fingerprint density at radius 2 is 1.34 bits per heavy atom. The minimum absolute atomic E-state index is 0.282. The van der Waals surface area contributed by atoms with Crippen LogP contribution < -0.4 is 10.1 Å². The minimum Gasteiger partial charge on any atom is -0.491 e. The molecule has 0 unspecified atom stereocenters. The van der Waals surface area contributed by atoms with Crippen molar-refractivity contribution < 1.29 is 9.84 Å². The molecular weight excluding hydrogens is 360 g/mol. The van der Waals surface area contributed by atoms with E-state index in [1.54, 1.807) is 0 Å². The maximum atomic E-state index is 10.3. The Kier molecular flexibility index (Phi) is 8.25. The molecule has 0 saturated carbocycles. The Hall–Kier alpha value is -2.66. The summed E-state index contributed by atoms with van der Waals surface area (Å²) < 4.78 is 5.75. The Labute approximate surface area is 173 Å². The Balaban J connectivity index is 1.35. The standard InChI is InChI=1S/C25H30N2O2/c1-27(18-23-10-6-3-7-11-23)19-24(28)20-29-25-14-12-22(13-15-25)17-26-16-21-8-4-2-5-9-21/h2-15,24,26,28H,16-20H2,1H3/t24-/m1/s1. The van der Waals surface area contributed by atoms with E-state index in [0.29, 0.717) is 6.54 Å². The summed E-state index contributed by atoms with van der Waals surface area (Å²) >= 11 is 0. The Morgan fingerprint density at radius 1 is 0.793 bits per heavy atom. The van der Waals surface area contributed by atoms with Gasteiger partial charge in [0.2, 0.25) is 0 Å². The second-order valence-electron chi connectivity index (χ2n) is 7.38. The number of likely N-dealkylation sites (N-methyl/N-ethyl adjacent to an activating group) is 1. The number of aliphatic hydroxyl groups is 1. The molecule has 152 valence electrons. The fourth-order valence-electron chi connectivity index (χ4n) is 3.22. The van der Waals surface area contributed by atoms with Crippen molar-refractivity contribution in [1.29, 1.82) is 0 Å². The summed E-state index contributed by atoms with van der Waals surface area (Å²) in [6.45, 7) is 3.31. The summed E-state index contributed by atoms with van der Waals surface area (Å²) in [5.41, 5.74) is 3.72. The van der Waals surface area contributed by atoms with Crippen molar-refractivity contribution in [3.63, 3.8) is 0 Å². The molecule has 0 spiro atoms. The highest BCUT2D eigenvalue weighted by Crippen LogP contribution is 2.13. The van der Waals surface area contributed by atoms with E-state index in [1.807, 2.05) is 43.4 Å². The van der Waals surface area contributed by atoms with Crippen molar-refractivity contribution >= 4 is 0 Å². The normalized spacial score (nSPS) is 12.1. The molecule has 0 aromatic heterocycles. The van der Waals surface area contributed by atoms with Crippen molar-refractivity contribution in [2.45, 2.75) is 25.7 Å². The Morgan fingerprint density at radius 3 is 1.97 bits per heavy atom. The number of ether oxygens (including phenoxy) is 1. The van der Waals surface area contributed by atoms with Gasteiger partial charge in [-0.3, -0.25) is 4.90 Å². The molecule has 0 aliphatic heterocycles. The van der Waals surface area contributed by atoms with Crippen molar-refractivity contribution in [1.82, 2.24) is 10.2 Å². The first kappa shape index (κ1) is 21.1. The second-order valence-corrected chi connectivity index (χ2v) is 7.38. The van der Waals surface area contributed by atoms with Crippen LogP contribution in [0.4, 0.5) is 0 Å². The van der Waals surface area contributed by atoms with Crippen molar-refractivity contribution in [2.24, 2.45) is 0 Å². The first-order valence-electron chi connectivity index (χ1n) is 10.1. The Bertz CT molecular complexity index is 822. The molecule has 29 heavy (non-hydrogen) atoms. The van der Waals surface area contributed by atoms with Gasteiger partial charge < -0.3 is 15.2 Å². The summed E-state index contributed by atoms with van der Waals surface area (Å²) in [7, 11) is 2.01. The zero-order chi connectivity index (χ0) is 20.3. The number of benzene rings is 3. The van der Waals surface area contributed by atoms with Gasteiger partial charge in [0, 0.05) is 26.2 Å². The van der Waals surface area contributed by atoms with Gasteiger partial charge in [0.15, 0.2) is 0 Å². The van der Waals surface area contributed by atoms with Gasteiger partial charge in [0.1, 0.15) is 18.5 Å². The predicted octanol–water partition coefficient (Wildman–Crippen LogP) is 3.85. The molecule has 0 aliphatic carbocycles. The van der Waals surface area contributed by atoms with Crippen LogP contribution in [0.5, 0.6) is 5.75 Å². The molecule has 0 bridgehead atoms. The zero-order valence-corrected chi connectivity index (χ0v) is 17.0. The lowest BCUT2D eigenvalue weighted by atomic mass is 10.2. The number of nitrogens with one attached hydrogen (secondary N) is 1. The lowest BCUT2D eigenvalue weighted by Gasteiger charge is -2.21. The predicted molar refractivity (Wildman–Crippen MR) is 118 cm³/mol. The average molecular weight is 391 g/mol. The molecular formula is C25H30N2O2. The van der Waals surface area contributed by atoms with Gasteiger partial charge in [-0.2, -0.15) is 0 Å². The fraction of sp³-hybridized carbons (Fsp3) is 0.280. The summed E-state index contributed by atoms with van der Waals surface area (Å²) in [5.74, 6) is 0.779. The zero-order valence-electron chi connectivity index (χ0n) is 17.0. The molecule has 4 nitrogen and oxygen atoms in total. The third-order valence-electron chi connectivity index (χ3n) is 4.68. The van der Waals surface area contributed by atoms with Crippen LogP contribution >= 0.6 is 0 Å². The van der Waals surface area contributed by atoms with Crippen LogP contribution in [-0.2, 0) is 19.6 Å². The fourth-order valence-corrected chi connectivity index (χ4v) is 3.22. The smallest absolute Gasteiger partial charge is 0.119 e. The number of hydrogen-bond donors (Lipinski definition) is 2.